The third kappa shape index (κ3) is 5.63. The van der Waals surface area contributed by atoms with Crippen LogP contribution >= 0.6 is 11.3 Å². The molecule has 1 aliphatic rings. The second kappa shape index (κ2) is 10.7. The van der Waals surface area contributed by atoms with Gasteiger partial charge in [-0.2, -0.15) is 8.78 Å². The van der Waals surface area contributed by atoms with Gasteiger partial charge in [-0.05, 0) is 55.9 Å². The minimum absolute atomic E-state index is 0.0935. The van der Waals surface area contributed by atoms with Crippen LogP contribution in [0.1, 0.15) is 38.2 Å². The van der Waals surface area contributed by atoms with Crippen molar-refractivity contribution < 1.29 is 45.0 Å². The predicted molar refractivity (Wildman–Crippen MR) is 133 cm³/mol. The van der Waals surface area contributed by atoms with Gasteiger partial charge in [0.05, 0.1) is 16.1 Å². The second-order valence-corrected chi connectivity index (χ2v) is 10.7. The summed E-state index contributed by atoms with van der Waals surface area (Å²) in [6, 6.07) is 6.14. The average Bonchev–Trinajstić information content (AvgIpc) is 3.30. The monoisotopic (exact) mass is 583 g/mol. The van der Waals surface area contributed by atoms with E-state index in [0.717, 1.165) is 37.0 Å². The third-order valence-corrected chi connectivity index (χ3v) is 7.78. The molecule has 0 atom stereocenters. The van der Waals surface area contributed by atoms with E-state index in [-0.39, 0.29) is 40.3 Å². The van der Waals surface area contributed by atoms with Gasteiger partial charge in [-0.25, -0.2) is 26.9 Å². The van der Waals surface area contributed by atoms with Crippen molar-refractivity contribution in [1.29, 1.82) is 0 Å². The first-order chi connectivity index (χ1) is 18.9. The number of aromatic nitrogens is 1. The third-order valence-electron chi connectivity index (χ3n) is 6.71. The summed E-state index contributed by atoms with van der Waals surface area (Å²) in [5.74, 6) is -9.81. The summed E-state index contributed by atoms with van der Waals surface area (Å²) >= 11 is 0.992. The van der Waals surface area contributed by atoms with Crippen molar-refractivity contribution in [2.75, 3.05) is 0 Å². The molecule has 1 fully saturated rings. The number of nitrogens with zero attached hydrogens (tertiary/aromatic N) is 1. The molecule has 0 bridgehead atoms. The zero-order chi connectivity index (χ0) is 28.8. The highest BCUT2D eigenvalue weighted by Gasteiger charge is 2.41. The van der Waals surface area contributed by atoms with E-state index >= 15 is 0 Å². The summed E-state index contributed by atoms with van der Waals surface area (Å²) in [7, 11) is 0. The Balaban J connectivity index is 1.37. The van der Waals surface area contributed by atoms with Crippen LogP contribution in [0.2, 0.25) is 0 Å². The molecule has 1 aliphatic carbocycles. The molecule has 0 aliphatic heterocycles. The van der Waals surface area contributed by atoms with Gasteiger partial charge in [0, 0.05) is 23.8 Å². The van der Waals surface area contributed by atoms with Crippen LogP contribution < -0.4 is 9.47 Å². The lowest BCUT2D eigenvalue weighted by molar-refractivity contribution is -0.189. The Hall–Kier alpha value is -3.67. The molecule has 0 spiro atoms. The van der Waals surface area contributed by atoms with Crippen LogP contribution in [0.4, 0.5) is 30.7 Å². The number of halogens is 7. The van der Waals surface area contributed by atoms with Crippen molar-refractivity contribution in [2.45, 2.75) is 38.7 Å². The number of hydrogen-bond acceptors (Lipinski definition) is 5. The Kier molecular flexibility index (Phi) is 7.47. The van der Waals surface area contributed by atoms with E-state index in [1.54, 1.807) is 18.2 Å². The van der Waals surface area contributed by atoms with Crippen molar-refractivity contribution in [3.8, 4) is 22.1 Å². The number of hydrogen-bond donors (Lipinski definition) is 0. The molecule has 40 heavy (non-hydrogen) atoms. The van der Waals surface area contributed by atoms with Crippen molar-refractivity contribution >= 4 is 27.5 Å². The van der Waals surface area contributed by atoms with E-state index in [1.165, 1.54) is 0 Å². The maximum absolute atomic E-state index is 14.8. The lowest BCUT2D eigenvalue weighted by Crippen LogP contribution is -2.25. The number of esters is 1. The number of carbonyl (C=O) groups excluding carboxylic acids is 1. The lowest BCUT2D eigenvalue weighted by atomic mass is 9.83. The molecule has 4 aromatic rings. The summed E-state index contributed by atoms with van der Waals surface area (Å²) in [5.41, 5.74) is -1.55. The molecule has 1 saturated carbocycles. The molecule has 0 unspecified atom stereocenters. The van der Waals surface area contributed by atoms with Crippen LogP contribution in [0.25, 0.3) is 20.8 Å². The first-order valence-electron chi connectivity index (χ1n) is 12.2. The Bertz CT molecular complexity index is 1550. The maximum Gasteiger partial charge on any atom is 0.432 e. The lowest BCUT2D eigenvalue weighted by Gasteiger charge is -2.24. The van der Waals surface area contributed by atoms with Crippen LogP contribution in [0.15, 0.2) is 42.5 Å². The van der Waals surface area contributed by atoms with Crippen molar-refractivity contribution in [1.82, 2.24) is 4.98 Å². The Morgan fingerprint density at radius 2 is 1.50 bits per heavy atom. The number of carbonyl (C=O) groups is 1. The van der Waals surface area contributed by atoms with Crippen LogP contribution in [0.3, 0.4) is 0 Å². The summed E-state index contributed by atoms with van der Waals surface area (Å²) in [6.45, 7) is 2.14. The molecule has 4 nitrogen and oxygen atoms in total. The quantitative estimate of drug-likeness (QED) is 0.0988. The van der Waals surface area contributed by atoms with Crippen LogP contribution in [0, 0.1) is 40.9 Å². The van der Waals surface area contributed by atoms with E-state index < -0.39 is 46.5 Å². The predicted octanol–water partition coefficient (Wildman–Crippen LogP) is 8.52. The molecule has 12 heteroatoms. The van der Waals surface area contributed by atoms with Gasteiger partial charge >= 0.3 is 12.1 Å². The Labute approximate surface area is 227 Å². The minimum Gasteiger partial charge on any atom is -0.429 e. The fourth-order valence-electron chi connectivity index (χ4n) is 4.55. The molecule has 3 aromatic carbocycles. The number of rotatable bonds is 6. The smallest absolute Gasteiger partial charge is 0.429 e. The summed E-state index contributed by atoms with van der Waals surface area (Å²) in [4.78, 5) is 16.8. The fourth-order valence-corrected chi connectivity index (χ4v) is 5.53. The standard InChI is InChI=1S/C28H20F7NO3S/c1-13-2-4-14(5-3-13)27(37)38-16-6-7-22-23(12-16)40-26(36-22)15-8-18(29)24(19(30)9-15)28(34,35)39-17-10-20(31)25(33)21(32)11-17/h6-14H,2-5H2,1H3. The van der Waals surface area contributed by atoms with Gasteiger partial charge in [0.1, 0.15) is 33.7 Å². The fraction of sp³-hybridized carbons (Fsp3) is 0.286. The van der Waals surface area contributed by atoms with Crippen LogP contribution in [0.5, 0.6) is 11.5 Å². The molecular formula is C28H20F7NO3S. The number of thiazole rings is 1. The highest BCUT2D eigenvalue weighted by atomic mass is 32.1. The minimum atomic E-state index is -4.70. The Morgan fingerprint density at radius 1 is 0.875 bits per heavy atom. The number of benzene rings is 3. The molecule has 0 saturated heterocycles. The van der Waals surface area contributed by atoms with Crippen LogP contribution in [-0.4, -0.2) is 11.0 Å². The summed E-state index contributed by atoms with van der Waals surface area (Å²) in [6.07, 6.45) is -1.30. The van der Waals surface area contributed by atoms with E-state index in [9.17, 15) is 35.5 Å². The van der Waals surface area contributed by atoms with Gasteiger partial charge in [0.15, 0.2) is 17.5 Å². The molecule has 0 radical (unpaired) electrons. The normalized spacial score (nSPS) is 17.7. The highest BCUT2D eigenvalue weighted by Crippen LogP contribution is 2.39. The number of alkyl halides is 2. The molecular weight excluding hydrogens is 563 g/mol. The van der Waals surface area contributed by atoms with Gasteiger partial charge in [0.2, 0.25) is 0 Å². The summed E-state index contributed by atoms with van der Waals surface area (Å²) < 4.78 is 109. The average molecular weight is 584 g/mol. The Morgan fingerprint density at radius 3 is 2.12 bits per heavy atom. The number of ether oxygens (including phenoxy) is 2. The van der Waals surface area contributed by atoms with E-state index in [2.05, 4.69) is 16.6 Å². The van der Waals surface area contributed by atoms with E-state index in [1.807, 2.05) is 0 Å². The van der Waals surface area contributed by atoms with Gasteiger partial charge < -0.3 is 9.47 Å². The highest BCUT2D eigenvalue weighted by molar-refractivity contribution is 7.21. The molecule has 0 N–H and O–H groups in total. The topological polar surface area (TPSA) is 48.4 Å². The second-order valence-electron chi connectivity index (χ2n) is 9.66. The molecule has 5 rings (SSSR count). The maximum atomic E-state index is 14.8. The van der Waals surface area contributed by atoms with Crippen molar-refractivity contribution in [3.63, 3.8) is 0 Å². The SMILES string of the molecule is CC1CCC(C(=O)Oc2ccc3nc(-c4cc(F)c(C(F)(F)Oc5cc(F)c(F)c(F)c5)c(F)c4)sc3c2)CC1. The molecule has 1 heterocycles. The first kappa shape index (κ1) is 27.9. The molecule has 1 aromatic heterocycles. The van der Waals surface area contributed by atoms with Crippen molar-refractivity contribution in [3.05, 3.63) is 77.1 Å². The number of fused-ring (bicyclic) bond motifs is 1. The van der Waals surface area contributed by atoms with Gasteiger partial charge in [0.25, 0.3) is 0 Å². The van der Waals surface area contributed by atoms with E-state index in [0.29, 0.717) is 28.3 Å². The van der Waals surface area contributed by atoms with Gasteiger partial charge in [-0.1, -0.05) is 6.92 Å². The molecule has 210 valence electrons. The zero-order valence-electron chi connectivity index (χ0n) is 20.8. The largest absolute Gasteiger partial charge is 0.432 e. The van der Waals surface area contributed by atoms with Gasteiger partial charge in [-0.3, -0.25) is 4.79 Å². The first-order valence-corrected chi connectivity index (χ1v) is 13.1. The van der Waals surface area contributed by atoms with Gasteiger partial charge in [-0.15, -0.1) is 11.3 Å². The van der Waals surface area contributed by atoms with E-state index in [4.69, 9.17) is 4.74 Å². The zero-order valence-corrected chi connectivity index (χ0v) is 21.6. The van der Waals surface area contributed by atoms with Crippen molar-refractivity contribution in [2.24, 2.45) is 11.8 Å². The molecule has 0 amide bonds. The summed E-state index contributed by atoms with van der Waals surface area (Å²) in [5, 5.41) is 0.0935. The van der Waals surface area contributed by atoms with Crippen LogP contribution in [-0.2, 0) is 10.9 Å².